The van der Waals surface area contributed by atoms with Gasteiger partial charge in [-0.3, -0.25) is 4.98 Å². The van der Waals surface area contributed by atoms with Crippen LogP contribution in [0, 0.1) is 0 Å². The first-order valence-corrected chi connectivity index (χ1v) is 7.29. The Labute approximate surface area is 112 Å². The van der Waals surface area contributed by atoms with Gasteiger partial charge in [-0.1, -0.05) is 0 Å². The lowest BCUT2D eigenvalue weighted by molar-refractivity contribution is 0.0600. The van der Waals surface area contributed by atoms with Crippen molar-refractivity contribution in [3.05, 3.63) is 29.6 Å². The molecule has 1 fully saturated rings. The van der Waals surface area contributed by atoms with Gasteiger partial charge in [-0.25, -0.2) is 4.79 Å². The highest BCUT2D eigenvalue weighted by Gasteiger charge is 2.13. The van der Waals surface area contributed by atoms with Gasteiger partial charge in [-0.2, -0.15) is 11.8 Å². The summed E-state index contributed by atoms with van der Waals surface area (Å²) in [4.78, 5) is 15.5. The standard InChI is InChI=1S/C13H18N2O2S/c1-17-13(16)10-4-5-11(14-7-10)8-15-12-3-2-6-18-9-12/h4-5,7,12,15H,2-3,6,8-9H2,1H3. The molecule has 0 amide bonds. The summed E-state index contributed by atoms with van der Waals surface area (Å²) in [5, 5.41) is 3.50. The average molecular weight is 266 g/mol. The number of aromatic nitrogens is 1. The van der Waals surface area contributed by atoms with Gasteiger partial charge in [0.25, 0.3) is 0 Å². The summed E-state index contributed by atoms with van der Waals surface area (Å²) in [5.74, 6) is 2.12. The maximum atomic E-state index is 11.2. The minimum atomic E-state index is -0.342. The molecule has 1 aliphatic rings. The zero-order valence-electron chi connectivity index (χ0n) is 10.5. The third-order valence-electron chi connectivity index (χ3n) is 2.98. The maximum Gasteiger partial charge on any atom is 0.339 e. The first-order chi connectivity index (χ1) is 8.79. The first kappa shape index (κ1) is 13.4. The number of thioether (sulfide) groups is 1. The molecular weight excluding hydrogens is 248 g/mol. The van der Waals surface area contributed by atoms with Crippen molar-refractivity contribution in [3.8, 4) is 0 Å². The predicted octanol–water partition coefficient (Wildman–Crippen LogP) is 1.85. The number of hydrogen-bond acceptors (Lipinski definition) is 5. The van der Waals surface area contributed by atoms with Crippen LogP contribution in [0.2, 0.25) is 0 Å². The molecule has 0 bridgehead atoms. The van der Waals surface area contributed by atoms with Gasteiger partial charge in [-0.15, -0.1) is 0 Å². The fourth-order valence-corrected chi connectivity index (χ4v) is 3.02. The number of pyridine rings is 1. The van der Waals surface area contributed by atoms with Gasteiger partial charge in [0.05, 0.1) is 18.4 Å². The quantitative estimate of drug-likeness (QED) is 0.843. The van der Waals surface area contributed by atoms with Crippen LogP contribution in [-0.2, 0) is 11.3 Å². The molecule has 98 valence electrons. The van der Waals surface area contributed by atoms with E-state index in [1.54, 1.807) is 12.3 Å². The topological polar surface area (TPSA) is 51.2 Å². The van der Waals surface area contributed by atoms with Crippen molar-refractivity contribution in [2.24, 2.45) is 0 Å². The van der Waals surface area contributed by atoms with Crippen molar-refractivity contribution in [1.29, 1.82) is 0 Å². The lowest BCUT2D eigenvalue weighted by atomic mass is 10.2. The van der Waals surface area contributed by atoms with Crippen LogP contribution >= 0.6 is 11.8 Å². The van der Waals surface area contributed by atoms with Crippen molar-refractivity contribution < 1.29 is 9.53 Å². The Bertz CT molecular complexity index is 388. The summed E-state index contributed by atoms with van der Waals surface area (Å²) in [7, 11) is 1.37. The molecule has 0 saturated carbocycles. The van der Waals surface area contributed by atoms with E-state index in [1.807, 2.05) is 17.8 Å². The summed E-state index contributed by atoms with van der Waals surface area (Å²) in [5.41, 5.74) is 1.45. The molecule has 1 saturated heterocycles. The van der Waals surface area contributed by atoms with Crippen LogP contribution in [0.15, 0.2) is 18.3 Å². The van der Waals surface area contributed by atoms with Crippen LogP contribution in [0.1, 0.15) is 28.9 Å². The van der Waals surface area contributed by atoms with Crippen molar-refractivity contribution >= 4 is 17.7 Å². The fourth-order valence-electron chi connectivity index (χ4n) is 1.92. The highest BCUT2D eigenvalue weighted by molar-refractivity contribution is 7.99. The molecule has 1 atom stereocenters. The van der Waals surface area contributed by atoms with E-state index in [9.17, 15) is 4.79 Å². The lowest BCUT2D eigenvalue weighted by Gasteiger charge is -2.22. The molecule has 18 heavy (non-hydrogen) atoms. The first-order valence-electron chi connectivity index (χ1n) is 6.14. The Morgan fingerprint density at radius 3 is 3.11 bits per heavy atom. The molecule has 1 aliphatic heterocycles. The Balaban J connectivity index is 1.84. The number of nitrogens with zero attached hydrogens (tertiary/aromatic N) is 1. The Morgan fingerprint density at radius 2 is 2.50 bits per heavy atom. The summed E-state index contributed by atoms with van der Waals surface area (Å²) in [6.07, 6.45) is 4.10. The second-order valence-electron chi connectivity index (χ2n) is 4.32. The molecule has 1 aromatic heterocycles. The van der Waals surface area contributed by atoms with Crippen molar-refractivity contribution in [1.82, 2.24) is 10.3 Å². The van der Waals surface area contributed by atoms with Gasteiger partial charge < -0.3 is 10.1 Å². The highest BCUT2D eigenvalue weighted by atomic mass is 32.2. The molecule has 1 unspecified atom stereocenters. The Morgan fingerprint density at radius 1 is 1.61 bits per heavy atom. The normalized spacial score (nSPS) is 19.5. The summed E-state index contributed by atoms with van der Waals surface area (Å²) < 4.78 is 4.63. The number of carbonyl (C=O) groups is 1. The molecule has 1 N–H and O–H groups in total. The zero-order chi connectivity index (χ0) is 12.8. The maximum absolute atomic E-state index is 11.2. The number of ether oxygens (including phenoxy) is 1. The van der Waals surface area contributed by atoms with Crippen molar-refractivity contribution in [2.75, 3.05) is 18.6 Å². The highest BCUT2D eigenvalue weighted by Crippen LogP contribution is 2.17. The molecule has 2 rings (SSSR count). The van der Waals surface area contributed by atoms with E-state index in [-0.39, 0.29) is 5.97 Å². The van der Waals surface area contributed by atoms with Gasteiger partial charge in [0.1, 0.15) is 0 Å². The van der Waals surface area contributed by atoms with Crippen LogP contribution in [0.5, 0.6) is 0 Å². The second kappa shape index (κ2) is 6.75. The van der Waals surface area contributed by atoms with Crippen LogP contribution in [0.3, 0.4) is 0 Å². The lowest BCUT2D eigenvalue weighted by Crippen LogP contribution is -2.33. The Kier molecular flexibility index (Phi) is 5.01. The van der Waals surface area contributed by atoms with Crippen molar-refractivity contribution in [2.45, 2.75) is 25.4 Å². The molecule has 4 nitrogen and oxygen atoms in total. The minimum absolute atomic E-state index is 0.342. The molecule has 2 heterocycles. The Hall–Kier alpha value is -1.07. The summed E-state index contributed by atoms with van der Waals surface area (Å²) in [6.45, 7) is 0.757. The van der Waals surface area contributed by atoms with Gasteiger partial charge >= 0.3 is 5.97 Å². The average Bonchev–Trinajstić information content (AvgIpc) is 2.46. The molecule has 1 aromatic rings. The monoisotopic (exact) mass is 266 g/mol. The molecule has 0 radical (unpaired) electrons. The van der Waals surface area contributed by atoms with E-state index >= 15 is 0 Å². The van der Waals surface area contributed by atoms with Crippen molar-refractivity contribution in [3.63, 3.8) is 0 Å². The van der Waals surface area contributed by atoms with Crippen LogP contribution < -0.4 is 5.32 Å². The van der Waals surface area contributed by atoms with Crippen LogP contribution in [-0.4, -0.2) is 35.6 Å². The van der Waals surface area contributed by atoms with Gasteiger partial charge in [0.2, 0.25) is 0 Å². The van der Waals surface area contributed by atoms with E-state index in [0.29, 0.717) is 11.6 Å². The number of esters is 1. The van der Waals surface area contributed by atoms with Gasteiger partial charge in [0.15, 0.2) is 0 Å². The third-order valence-corrected chi connectivity index (χ3v) is 4.19. The van der Waals surface area contributed by atoms with Gasteiger partial charge in [-0.05, 0) is 30.7 Å². The third kappa shape index (κ3) is 3.71. The number of nitrogens with one attached hydrogen (secondary N) is 1. The molecule has 5 heteroatoms. The van der Waals surface area contributed by atoms with E-state index < -0.39 is 0 Å². The second-order valence-corrected chi connectivity index (χ2v) is 5.47. The number of hydrogen-bond donors (Lipinski definition) is 1. The molecular formula is C13H18N2O2S. The minimum Gasteiger partial charge on any atom is -0.465 e. The SMILES string of the molecule is COC(=O)c1ccc(CNC2CCCSC2)nc1. The molecule has 0 aromatic carbocycles. The predicted molar refractivity (Wildman–Crippen MR) is 72.8 cm³/mol. The van der Waals surface area contributed by atoms with E-state index in [2.05, 4.69) is 15.0 Å². The largest absolute Gasteiger partial charge is 0.465 e. The smallest absolute Gasteiger partial charge is 0.339 e. The van der Waals surface area contributed by atoms with E-state index in [4.69, 9.17) is 0 Å². The number of methoxy groups -OCH3 is 1. The number of rotatable bonds is 4. The fraction of sp³-hybridized carbons (Fsp3) is 0.538. The van der Waals surface area contributed by atoms with Crippen LogP contribution in [0.4, 0.5) is 0 Å². The van der Waals surface area contributed by atoms with Crippen LogP contribution in [0.25, 0.3) is 0 Å². The molecule has 0 spiro atoms. The summed E-state index contributed by atoms with van der Waals surface area (Å²) >= 11 is 2.00. The molecule has 0 aliphatic carbocycles. The number of carbonyl (C=O) groups excluding carboxylic acids is 1. The summed E-state index contributed by atoms with van der Waals surface area (Å²) in [6, 6.07) is 4.21. The zero-order valence-corrected chi connectivity index (χ0v) is 11.3. The van der Waals surface area contributed by atoms with E-state index in [0.717, 1.165) is 12.2 Å². The van der Waals surface area contributed by atoms with Gasteiger partial charge in [0, 0.05) is 24.5 Å². The van der Waals surface area contributed by atoms with E-state index in [1.165, 1.54) is 31.5 Å².